The van der Waals surface area contributed by atoms with E-state index in [0.717, 1.165) is 25.9 Å². The molecule has 2 fully saturated rings. The normalized spacial score (nSPS) is 26.9. The summed E-state index contributed by atoms with van der Waals surface area (Å²) in [5.41, 5.74) is 0. The number of likely N-dealkylation sites (tertiary alicyclic amines) is 1. The molecule has 0 radical (unpaired) electrons. The van der Waals surface area contributed by atoms with Gasteiger partial charge in [-0.25, -0.2) is 4.79 Å². The second-order valence-electron chi connectivity index (χ2n) is 6.39. The topological polar surface area (TPSA) is 53.1 Å². The van der Waals surface area contributed by atoms with E-state index in [-0.39, 0.29) is 12.0 Å². The molecule has 2 saturated heterocycles. The summed E-state index contributed by atoms with van der Waals surface area (Å²) in [6.45, 7) is 9.72. The Kier molecular flexibility index (Phi) is 6.06. The first-order valence-electron chi connectivity index (χ1n) is 8.48. The monoisotopic (exact) mass is 311 g/mol. The van der Waals surface area contributed by atoms with Gasteiger partial charge in [0.1, 0.15) is 0 Å². The molecule has 2 rings (SSSR count). The lowest BCUT2D eigenvalue weighted by molar-refractivity contribution is -0.138. The van der Waals surface area contributed by atoms with Gasteiger partial charge in [-0.05, 0) is 40.0 Å². The quantitative estimate of drug-likeness (QED) is 0.793. The standard InChI is InChI=1S/C16H29N3O3/c1-4-22-16(21)18-10-8-17(9-11-18)12-15(20)19-13(2)6-5-7-14(19)3/h13-14H,4-12H2,1-3H3/t13-,14-/m1/s1. The molecule has 2 aliphatic rings. The van der Waals surface area contributed by atoms with E-state index in [4.69, 9.17) is 4.74 Å². The van der Waals surface area contributed by atoms with Crippen LogP contribution >= 0.6 is 0 Å². The third kappa shape index (κ3) is 4.12. The van der Waals surface area contributed by atoms with Crippen molar-refractivity contribution < 1.29 is 14.3 Å². The Bertz CT molecular complexity index is 384. The number of nitrogens with zero attached hydrogens (tertiary/aromatic N) is 3. The van der Waals surface area contributed by atoms with Crippen LogP contribution in [0.4, 0.5) is 4.79 Å². The SMILES string of the molecule is CCOC(=O)N1CCN(CC(=O)N2[C@H](C)CCC[C@H]2C)CC1. The van der Waals surface area contributed by atoms with E-state index in [1.807, 2.05) is 6.92 Å². The lowest BCUT2D eigenvalue weighted by Crippen LogP contribution is -2.54. The first kappa shape index (κ1) is 17.1. The van der Waals surface area contributed by atoms with E-state index >= 15 is 0 Å². The maximum Gasteiger partial charge on any atom is 0.409 e. The van der Waals surface area contributed by atoms with Gasteiger partial charge in [0.2, 0.25) is 5.91 Å². The summed E-state index contributed by atoms with van der Waals surface area (Å²) >= 11 is 0. The molecular formula is C16H29N3O3. The molecule has 2 heterocycles. The Morgan fingerprint density at radius 2 is 1.64 bits per heavy atom. The van der Waals surface area contributed by atoms with Crippen LogP contribution in [0.25, 0.3) is 0 Å². The fraction of sp³-hybridized carbons (Fsp3) is 0.875. The molecule has 2 amide bonds. The van der Waals surface area contributed by atoms with Crippen LogP contribution < -0.4 is 0 Å². The Morgan fingerprint density at radius 3 is 2.18 bits per heavy atom. The smallest absolute Gasteiger partial charge is 0.409 e. The van der Waals surface area contributed by atoms with E-state index < -0.39 is 0 Å². The van der Waals surface area contributed by atoms with Crippen LogP contribution in [0.3, 0.4) is 0 Å². The zero-order valence-electron chi connectivity index (χ0n) is 14.1. The molecule has 0 spiro atoms. The molecule has 0 bridgehead atoms. The van der Waals surface area contributed by atoms with E-state index in [1.165, 1.54) is 6.42 Å². The number of hydrogen-bond acceptors (Lipinski definition) is 4. The highest BCUT2D eigenvalue weighted by molar-refractivity contribution is 5.79. The van der Waals surface area contributed by atoms with Crippen molar-refractivity contribution in [3.63, 3.8) is 0 Å². The van der Waals surface area contributed by atoms with Gasteiger partial charge in [0, 0.05) is 38.3 Å². The van der Waals surface area contributed by atoms with Crippen LogP contribution in [-0.4, -0.2) is 78.1 Å². The zero-order chi connectivity index (χ0) is 16.1. The molecule has 0 aromatic carbocycles. The molecule has 0 aliphatic carbocycles. The van der Waals surface area contributed by atoms with E-state index in [9.17, 15) is 9.59 Å². The van der Waals surface area contributed by atoms with Crippen molar-refractivity contribution in [2.75, 3.05) is 39.3 Å². The highest BCUT2D eigenvalue weighted by Crippen LogP contribution is 2.22. The summed E-state index contributed by atoms with van der Waals surface area (Å²) in [5, 5.41) is 0. The molecule has 0 aromatic rings. The first-order chi connectivity index (χ1) is 10.5. The molecule has 0 saturated carbocycles. The largest absolute Gasteiger partial charge is 0.450 e. The summed E-state index contributed by atoms with van der Waals surface area (Å²) in [7, 11) is 0. The number of rotatable bonds is 3. The van der Waals surface area contributed by atoms with Crippen LogP contribution in [0.5, 0.6) is 0 Å². The van der Waals surface area contributed by atoms with E-state index in [2.05, 4.69) is 23.6 Å². The summed E-state index contributed by atoms with van der Waals surface area (Å²) in [4.78, 5) is 30.2. The van der Waals surface area contributed by atoms with Crippen molar-refractivity contribution in [2.24, 2.45) is 0 Å². The van der Waals surface area contributed by atoms with Crippen LogP contribution in [-0.2, 0) is 9.53 Å². The van der Waals surface area contributed by atoms with Gasteiger partial charge in [0.15, 0.2) is 0 Å². The predicted octanol–water partition coefficient (Wildman–Crippen LogP) is 1.55. The van der Waals surface area contributed by atoms with E-state index in [1.54, 1.807) is 4.90 Å². The van der Waals surface area contributed by atoms with E-state index in [0.29, 0.717) is 38.3 Å². The third-order valence-corrected chi connectivity index (χ3v) is 4.74. The fourth-order valence-corrected chi connectivity index (χ4v) is 3.49. The number of piperidine rings is 1. The average molecular weight is 311 g/mol. The van der Waals surface area contributed by atoms with Crippen molar-refractivity contribution in [3.8, 4) is 0 Å². The Hall–Kier alpha value is -1.30. The van der Waals surface area contributed by atoms with Gasteiger partial charge in [-0.2, -0.15) is 0 Å². The molecule has 6 nitrogen and oxygen atoms in total. The number of hydrogen-bond donors (Lipinski definition) is 0. The van der Waals surface area contributed by atoms with Gasteiger partial charge in [-0.3, -0.25) is 9.69 Å². The van der Waals surface area contributed by atoms with Gasteiger partial charge < -0.3 is 14.5 Å². The summed E-state index contributed by atoms with van der Waals surface area (Å²) in [6.07, 6.45) is 3.18. The number of ether oxygens (including phenoxy) is 1. The zero-order valence-corrected chi connectivity index (χ0v) is 14.1. The molecule has 0 N–H and O–H groups in total. The van der Waals surface area contributed by atoms with Gasteiger partial charge in [0.05, 0.1) is 13.2 Å². The molecule has 126 valence electrons. The van der Waals surface area contributed by atoms with Crippen molar-refractivity contribution in [1.29, 1.82) is 0 Å². The minimum Gasteiger partial charge on any atom is -0.450 e. The number of amides is 2. The number of carbonyl (C=O) groups is 2. The second kappa shape index (κ2) is 7.81. The van der Waals surface area contributed by atoms with Gasteiger partial charge in [-0.1, -0.05) is 0 Å². The minimum absolute atomic E-state index is 0.226. The molecular weight excluding hydrogens is 282 g/mol. The summed E-state index contributed by atoms with van der Waals surface area (Å²) in [5.74, 6) is 0.226. The second-order valence-corrected chi connectivity index (χ2v) is 6.39. The maximum atomic E-state index is 12.6. The third-order valence-electron chi connectivity index (χ3n) is 4.74. The van der Waals surface area contributed by atoms with Crippen molar-refractivity contribution in [2.45, 2.75) is 52.1 Å². The van der Waals surface area contributed by atoms with Gasteiger partial charge in [0.25, 0.3) is 0 Å². The van der Waals surface area contributed by atoms with Crippen molar-refractivity contribution in [3.05, 3.63) is 0 Å². The Labute approximate surface area is 133 Å². The molecule has 0 unspecified atom stereocenters. The Morgan fingerprint density at radius 1 is 1.05 bits per heavy atom. The van der Waals surface area contributed by atoms with Crippen molar-refractivity contribution >= 4 is 12.0 Å². The average Bonchev–Trinajstić information content (AvgIpc) is 2.48. The summed E-state index contributed by atoms with van der Waals surface area (Å²) in [6, 6.07) is 0.689. The first-order valence-corrected chi connectivity index (χ1v) is 8.48. The summed E-state index contributed by atoms with van der Waals surface area (Å²) < 4.78 is 5.01. The van der Waals surface area contributed by atoms with Gasteiger partial charge >= 0.3 is 6.09 Å². The lowest BCUT2D eigenvalue weighted by Gasteiger charge is -2.41. The molecule has 0 aromatic heterocycles. The molecule has 2 atom stereocenters. The van der Waals surface area contributed by atoms with Crippen LogP contribution in [0.2, 0.25) is 0 Å². The van der Waals surface area contributed by atoms with Crippen LogP contribution in [0, 0.1) is 0 Å². The Balaban J connectivity index is 1.80. The van der Waals surface area contributed by atoms with Crippen LogP contribution in [0.15, 0.2) is 0 Å². The van der Waals surface area contributed by atoms with Crippen LogP contribution in [0.1, 0.15) is 40.0 Å². The predicted molar refractivity (Wildman–Crippen MR) is 84.7 cm³/mol. The fourth-order valence-electron chi connectivity index (χ4n) is 3.49. The molecule has 22 heavy (non-hydrogen) atoms. The molecule has 2 aliphatic heterocycles. The lowest BCUT2D eigenvalue weighted by atomic mass is 9.97. The van der Waals surface area contributed by atoms with Crippen molar-refractivity contribution in [1.82, 2.24) is 14.7 Å². The number of piperazine rings is 1. The highest BCUT2D eigenvalue weighted by atomic mass is 16.6. The minimum atomic E-state index is -0.244. The van der Waals surface area contributed by atoms with Gasteiger partial charge in [-0.15, -0.1) is 0 Å². The number of carbonyl (C=O) groups excluding carboxylic acids is 2. The maximum absolute atomic E-state index is 12.6. The molecule has 6 heteroatoms. The highest BCUT2D eigenvalue weighted by Gasteiger charge is 2.31.